The van der Waals surface area contributed by atoms with Crippen LogP contribution in [-0.4, -0.2) is 22.7 Å². The molecular formula is C7H5F2NO3. The summed E-state index contributed by atoms with van der Waals surface area (Å²) in [6, 6.07) is 1.05. The fourth-order valence-corrected chi connectivity index (χ4v) is 1.18. The van der Waals surface area contributed by atoms with Crippen molar-refractivity contribution in [3.8, 4) is 5.75 Å². The van der Waals surface area contributed by atoms with E-state index < -0.39 is 24.2 Å². The van der Waals surface area contributed by atoms with Crippen LogP contribution in [0.15, 0.2) is 6.07 Å². The lowest BCUT2D eigenvalue weighted by atomic mass is 10.3. The van der Waals surface area contributed by atoms with Crippen molar-refractivity contribution in [3.05, 3.63) is 17.5 Å². The normalized spacial score (nSPS) is 18.0. The van der Waals surface area contributed by atoms with Crippen molar-refractivity contribution in [1.82, 2.24) is 4.98 Å². The Kier molecular flexibility index (Phi) is 1.37. The van der Waals surface area contributed by atoms with Crippen LogP contribution >= 0.6 is 0 Å². The van der Waals surface area contributed by atoms with Gasteiger partial charge in [0.05, 0.1) is 0 Å². The highest BCUT2D eigenvalue weighted by molar-refractivity contribution is 5.86. The first kappa shape index (κ1) is 8.03. The number of carbonyl (C=O) groups is 1. The van der Waals surface area contributed by atoms with Gasteiger partial charge in [-0.25, -0.2) is 4.79 Å². The van der Waals surface area contributed by atoms with Crippen LogP contribution in [0.1, 0.15) is 16.2 Å². The van der Waals surface area contributed by atoms with Crippen molar-refractivity contribution in [2.75, 3.05) is 6.61 Å². The highest BCUT2D eigenvalue weighted by Crippen LogP contribution is 2.40. The van der Waals surface area contributed by atoms with Gasteiger partial charge in [-0.1, -0.05) is 0 Å². The van der Waals surface area contributed by atoms with E-state index in [2.05, 4.69) is 9.72 Å². The summed E-state index contributed by atoms with van der Waals surface area (Å²) in [7, 11) is 0. The molecule has 0 amide bonds. The molecule has 1 aromatic heterocycles. The van der Waals surface area contributed by atoms with E-state index in [4.69, 9.17) is 5.11 Å². The zero-order chi connectivity index (χ0) is 9.64. The molecule has 2 rings (SSSR count). The number of alkyl halides is 2. The van der Waals surface area contributed by atoms with E-state index in [1.165, 1.54) is 0 Å². The largest absolute Gasteiger partial charge is 0.485 e. The highest BCUT2D eigenvalue weighted by atomic mass is 19.3. The second kappa shape index (κ2) is 2.21. The Morgan fingerprint density at radius 3 is 2.92 bits per heavy atom. The van der Waals surface area contributed by atoms with Gasteiger partial charge >= 0.3 is 11.9 Å². The maximum absolute atomic E-state index is 12.9. The number of hydrogen-bond acceptors (Lipinski definition) is 2. The van der Waals surface area contributed by atoms with Crippen LogP contribution in [0.3, 0.4) is 0 Å². The molecule has 0 saturated carbocycles. The molecule has 0 aromatic carbocycles. The fourth-order valence-electron chi connectivity index (χ4n) is 1.18. The lowest BCUT2D eigenvalue weighted by Crippen LogP contribution is -2.16. The van der Waals surface area contributed by atoms with E-state index >= 15 is 0 Å². The average Bonchev–Trinajstić information content (AvgIpc) is 2.53. The lowest BCUT2D eigenvalue weighted by molar-refractivity contribution is -0.0249. The Balaban J connectivity index is 2.48. The van der Waals surface area contributed by atoms with Crippen LogP contribution in [0.25, 0.3) is 0 Å². The van der Waals surface area contributed by atoms with Gasteiger partial charge in [0.1, 0.15) is 17.1 Å². The molecule has 1 aliphatic rings. The number of hydrogen-bond donors (Lipinski definition) is 2. The molecule has 6 heteroatoms. The number of nitrogens with one attached hydrogen (secondary N) is 1. The summed E-state index contributed by atoms with van der Waals surface area (Å²) in [5.74, 6) is -4.47. The van der Waals surface area contributed by atoms with Gasteiger partial charge in [0.25, 0.3) is 0 Å². The Morgan fingerprint density at radius 1 is 1.69 bits per heavy atom. The van der Waals surface area contributed by atoms with Gasteiger partial charge < -0.3 is 14.8 Å². The molecule has 2 heterocycles. The number of aromatic carboxylic acids is 1. The standard InChI is InChI=1S/C7H5F2NO3/c8-7(9)2-13-4-1-3(6(11)12)10-5(4)7/h1,10H,2H2,(H,11,12). The first-order valence-corrected chi connectivity index (χ1v) is 3.48. The third-order valence-electron chi connectivity index (χ3n) is 1.79. The third-order valence-corrected chi connectivity index (χ3v) is 1.79. The molecule has 1 aliphatic heterocycles. The Labute approximate surface area is 71.1 Å². The molecule has 0 bridgehead atoms. The van der Waals surface area contributed by atoms with E-state index in [0.29, 0.717) is 0 Å². The second-order valence-corrected chi connectivity index (χ2v) is 2.72. The number of aromatic amines is 1. The quantitative estimate of drug-likeness (QED) is 0.697. The highest BCUT2D eigenvalue weighted by Gasteiger charge is 2.44. The predicted molar refractivity (Wildman–Crippen MR) is 37.1 cm³/mol. The van der Waals surface area contributed by atoms with Crippen molar-refractivity contribution < 1.29 is 23.4 Å². The lowest BCUT2D eigenvalue weighted by Gasteiger charge is -2.04. The smallest absolute Gasteiger partial charge is 0.352 e. The third kappa shape index (κ3) is 1.06. The molecule has 2 N–H and O–H groups in total. The number of fused-ring (bicyclic) bond motifs is 1. The topological polar surface area (TPSA) is 62.3 Å². The zero-order valence-electron chi connectivity index (χ0n) is 6.30. The van der Waals surface area contributed by atoms with Gasteiger partial charge in [-0.05, 0) is 0 Å². The molecule has 4 nitrogen and oxygen atoms in total. The first-order valence-electron chi connectivity index (χ1n) is 3.48. The zero-order valence-corrected chi connectivity index (χ0v) is 6.30. The Bertz CT molecular complexity index is 372. The Morgan fingerprint density at radius 2 is 2.38 bits per heavy atom. The summed E-state index contributed by atoms with van der Waals surface area (Å²) in [5.41, 5.74) is -0.741. The van der Waals surface area contributed by atoms with Crippen molar-refractivity contribution in [2.45, 2.75) is 5.92 Å². The molecule has 0 fully saturated rings. The van der Waals surface area contributed by atoms with Crippen LogP contribution in [-0.2, 0) is 5.92 Å². The minimum Gasteiger partial charge on any atom is -0.485 e. The summed E-state index contributed by atoms with van der Waals surface area (Å²) in [6.45, 7) is -0.728. The van der Waals surface area contributed by atoms with E-state index in [-0.39, 0.29) is 11.4 Å². The van der Waals surface area contributed by atoms with E-state index in [1.54, 1.807) is 0 Å². The van der Waals surface area contributed by atoms with Crippen LogP contribution in [0.4, 0.5) is 8.78 Å². The first-order chi connectivity index (χ1) is 6.00. The number of H-pyrrole nitrogens is 1. The van der Waals surface area contributed by atoms with Gasteiger partial charge in [-0.3, -0.25) is 0 Å². The minimum atomic E-state index is -3.11. The molecule has 0 atom stereocenters. The summed E-state index contributed by atoms with van der Waals surface area (Å²) >= 11 is 0. The number of halogens is 2. The van der Waals surface area contributed by atoms with Crippen molar-refractivity contribution in [1.29, 1.82) is 0 Å². The molecule has 1 aromatic rings. The summed E-state index contributed by atoms with van der Waals surface area (Å²) < 4.78 is 30.3. The summed E-state index contributed by atoms with van der Waals surface area (Å²) in [6.07, 6.45) is 0. The van der Waals surface area contributed by atoms with Crippen molar-refractivity contribution in [2.24, 2.45) is 0 Å². The van der Waals surface area contributed by atoms with Gasteiger partial charge in [0.15, 0.2) is 6.61 Å². The molecule has 13 heavy (non-hydrogen) atoms. The number of ether oxygens (including phenoxy) is 1. The molecule has 0 unspecified atom stereocenters. The maximum Gasteiger partial charge on any atom is 0.352 e. The van der Waals surface area contributed by atoms with Crippen LogP contribution in [0.2, 0.25) is 0 Å². The molecule has 70 valence electrons. The molecule has 0 saturated heterocycles. The van der Waals surface area contributed by atoms with Gasteiger partial charge in [0.2, 0.25) is 0 Å². The van der Waals surface area contributed by atoms with Crippen LogP contribution in [0.5, 0.6) is 5.75 Å². The van der Waals surface area contributed by atoms with Gasteiger partial charge in [0, 0.05) is 6.07 Å². The number of carboxylic acid groups (broad SMARTS) is 1. The monoisotopic (exact) mass is 189 g/mol. The molecule has 0 radical (unpaired) electrons. The summed E-state index contributed by atoms with van der Waals surface area (Å²) in [4.78, 5) is 12.5. The van der Waals surface area contributed by atoms with E-state index in [9.17, 15) is 13.6 Å². The molecule has 0 spiro atoms. The second-order valence-electron chi connectivity index (χ2n) is 2.72. The maximum atomic E-state index is 12.9. The van der Waals surface area contributed by atoms with Crippen molar-refractivity contribution >= 4 is 5.97 Å². The number of carboxylic acids is 1. The van der Waals surface area contributed by atoms with Crippen LogP contribution in [0, 0.1) is 0 Å². The SMILES string of the molecule is O=C(O)c1cc2c([nH]1)C(F)(F)CO2. The van der Waals surface area contributed by atoms with Crippen LogP contribution < -0.4 is 4.74 Å². The summed E-state index contributed by atoms with van der Waals surface area (Å²) in [5, 5.41) is 8.48. The van der Waals surface area contributed by atoms with Crippen molar-refractivity contribution in [3.63, 3.8) is 0 Å². The predicted octanol–water partition coefficient (Wildman–Crippen LogP) is 1.20. The Hall–Kier alpha value is -1.59. The van der Waals surface area contributed by atoms with E-state index in [1.807, 2.05) is 0 Å². The fraction of sp³-hybridized carbons (Fsp3) is 0.286. The van der Waals surface area contributed by atoms with E-state index in [0.717, 1.165) is 6.07 Å². The average molecular weight is 189 g/mol. The van der Waals surface area contributed by atoms with Gasteiger partial charge in [-0.15, -0.1) is 0 Å². The number of aromatic nitrogens is 1. The molecule has 0 aliphatic carbocycles. The molecular weight excluding hydrogens is 184 g/mol. The minimum absolute atomic E-state index is 0.0811. The van der Waals surface area contributed by atoms with Gasteiger partial charge in [-0.2, -0.15) is 8.78 Å². The number of rotatable bonds is 1.